The van der Waals surface area contributed by atoms with E-state index in [4.69, 9.17) is 9.47 Å². The van der Waals surface area contributed by atoms with Crippen LogP contribution in [0.1, 0.15) is 19.8 Å². The van der Waals surface area contributed by atoms with Gasteiger partial charge in [-0.2, -0.15) is 0 Å². The standard InChI is InChI=1S/C20H24N2O5S/c1-2-26-20(23)22-14-12-16(13-15-22)21-28(24,25)19-10-8-18(9-11-19)27-17-6-4-3-5-7-17/h3-11,16,21H,2,12-15H2,1H3. The molecule has 28 heavy (non-hydrogen) atoms. The second kappa shape index (κ2) is 9.07. The molecule has 2 aromatic rings. The number of nitrogens with zero attached hydrogens (tertiary/aromatic N) is 1. The number of hydrogen-bond donors (Lipinski definition) is 1. The van der Waals surface area contributed by atoms with Crippen LogP contribution in [0.5, 0.6) is 11.5 Å². The summed E-state index contributed by atoms with van der Waals surface area (Å²) in [5.74, 6) is 1.25. The Labute approximate surface area is 165 Å². The molecular weight excluding hydrogens is 380 g/mol. The van der Waals surface area contributed by atoms with E-state index in [1.807, 2.05) is 30.3 Å². The van der Waals surface area contributed by atoms with E-state index in [2.05, 4.69) is 4.72 Å². The Morgan fingerprint density at radius 2 is 1.64 bits per heavy atom. The molecule has 2 aromatic carbocycles. The van der Waals surface area contributed by atoms with Crippen molar-refractivity contribution in [3.8, 4) is 11.5 Å². The molecule has 0 aliphatic carbocycles. The zero-order valence-electron chi connectivity index (χ0n) is 15.7. The highest BCUT2D eigenvalue weighted by Crippen LogP contribution is 2.23. The number of para-hydroxylation sites is 1. The Morgan fingerprint density at radius 1 is 1.04 bits per heavy atom. The molecule has 1 heterocycles. The molecule has 0 unspecified atom stereocenters. The highest BCUT2D eigenvalue weighted by molar-refractivity contribution is 7.89. The second-order valence-electron chi connectivity index (χ2n) is 6.47. The number of sulfonamides is 1. The average Bonchev–Trinajstić information content (AvgIpc) is 2.70. The minimum atomic E-state index is -3.64. The second-order valence-corrected chi connectivity index (χ2v) is 8.18. The van der Waals surface area contributed by atoms with E-state index in [9.17, 15) is 13.2 Å². The van der Waals surface area contributed by atoms with E-state index in [1.54, 1.807) is 24.0 Å². The van der Waals surface area contributed by atoms with Crippen LogP contribution in [0.4, 0.5) is 4.79 Å². The van der Waals surface area contributed by atoms with Crippen LogP contribution < -0.4 is 9.46 Å². The van der Waals surface area contributed by atoms with Crippen LogP contribution in [0.25, 0.3) is 0 Å². The minimum absolute atomic E-state index is 0.181. The van der Waals surface area contributed by atoms with Crippen LogP contribution in [-0.4, -0.2) is 45.1 Å². The number of likely N-dealkylation sites (tertiary alicyclic amines) is 1. The minimum Gasteiger partial charge on any atom is -0.457 e. The topological polar surface area (TPSA) is 84.9 Å². The third-order valence-electron chi connectivity index (χ3n) is 4.46. The van der Waals surface area contributed by atoms with Gasteiger partial charge in [0.2, 0.25) is 10.0 Å². The molecule has 3 rings (SSSR count). The van der Waals surface area contributed by atoms with Gasteiger partial charge in [0.1, 0.15) is 11.5 Å². The summed E-state index contributed by atoms with van der Waals surface area (Å²) in [6, 6.07) is 15.4. The summed E-state index contributed by atoms with van der Waals surface area (Å²) < 4.78 is 38.6. The van der Waals surface area contributed by atoms with Crippen LogP contribution in [0.2, 0.25) is 0 Å². The predicted molar refractivity (Wildman–Crippen MR) is 105 cm³/mol. The van der Waals surface area contributed by atoms with Crippen molar-refractivity contribution in [2.24, 2.45) is 0 Å². The number of ether oxygens (including phenoxy) is 2. The summed E-state index contributed by atoms with van der Waals surface area (Å²) in [6.45, 7) is 3.02. The molecule has 0 aromatic heterocycles. The first-order valence-electron chi connectivity index (χ1n) is 9.25. The molecule has 0 radical (unpaired) electrons. The summed E-state index contributed by atoms with van der Waals surface area (Å²) in [5, 5.41) is 0. The fourth-order valence-electron chi connectivity index (χ4n) is 2.99. The molecule has 0 atom stereocenters. The SMILES string of the molecule is CCOC(=O)N1CCC(NS(=O)(=O)c2ccc(Oc3ccccc3)cc2)CC1. The number of nitrogens with one attached hydrogen (secondary N) is 1. The lowest BCUT2D eigenvalue weighted by molar-refractivity contribution is 0.0966. The van der Waals surface area contributed by atoms with Crippen molar-refractivity contribution in [3.63, 3.8) is 0 Å². The molecule has 0 saturated carbocycles. The van der Waals surface area contributed by atoms with E-state index >= 15 is 0 Å². The molecule has 0 bridgehead atoms. The van der Waals surface area contributed by atoms with Gasteiger partial charge in [-0.25, -0.2) is 17.9 Å². The first-order valence-corrected chi connectivity index (χ1v) is 10.7. The molecule has 8 heteroatoms. The number of amides is 1. The molecule has 1 fully saturated rings. The lowest BCUT2D eigenvalue weighted by Crippen LogP contribution is -2.46. The van der Waals surface area contributed by atoms with Gasteiger partial charge in [0, 0.05) is 19.1 Å². The third kappa shape index (κ3) is 5.24. The largest absolute Gasteiger partial charge is 0.457 e. The normalized spacial score (nSPS) is 15.2. The highest BCUT2D eigenvalue weighted by Gasteiger charge is 2.27. The Morgan fingerprint density at radius 3 is 2.25 bits per heavy atom. The van der Waals surface area contributed by atoms with Crippen molar-refractivity contribution in [1.29, 1.82) is 0 Å². The molecule has 1 aliphatic heterocycles. The quantitative estimate of drug-likeness (QED) is 0.798. The first-order chi connectivity index (χ1) is 13.5. The number of hydrogen-bond acceptors (Lipinski definition) is 5. The summed E-state index contributed by atoms with van der Waals surface area (Å²) in [5.41, 5.74) is 0. The van der Waals surface area contributed by atoms with Crippen LogP contribution in [-0.2, 0) is 14.8 Å². The maximum atomic E-state index is 12.6. The van der Waals surface area contributed by atoms with Crippen molar-refractivity contribution in [2.75, 3.05) is 19.7 Å². The van der Waals surface area contributed by atoms with Crippen LogP contribution >= 0.6 is 0 Å². The smallest absolute Gasteiger partial charge is 0.409 e. The number of carbonyl (C=O) groups excluding carboxylic acids is 1. The van der Waals surface area contributed by atoms with Crippen molar-refractivity contribution in [3.05, 3.63) is 54.6 Å². The van der Waals surface area contributed by atoms with Crippen molar-refractivity contribution in [2.45, 2.75) is 30.7 Å². The Hall–Kier alpha value is -2.58. The Kier molecular flexibility index (Phi) is 6.53. The Balaban J connectivity index is 1.57. The van der Waals surface area contributed by atoms with Crippen molar-refractivity contribution >= 4 is 16.1 Å². The maximum Gasteiger partial charge on any atom is 0.409 e. The molecule has 0 spiro atoms. The highest BCUT2D eigenvalue weighted by atomic mass is 32.2. The van der Waals surface area contributed by atoms with E-state index in [-0.39, 0.29) is 17.0 Å². The van der Waals surface area contributed by atoms with Crippen molar-refractivity contribution in [1.82, 2.24) is 9.62 Å². The van der Waals surface area contributed by atoms with Crippen LogP contribution in [0, 0.1) is 0 Å². The van der Waals surface area contributed by atoms with Gasteiger partial charge in [-0.3, -0.25) is 0 Å². The van der Waals surface area contributed by atoms with Crippen molar-refractivity contribution < 1.29 is 22.7 Å². The summed E-state index contributed by atoms with van der Waals surface area (Å²) in [7, 11) is -3.64. The van der Waals surface area contributed by atoms with E-state index in [1.165, 1.54) is 12.1 Å². The monoisotopic (exact) mass is 404 g/mol. The van der Waals surface area contributed by atoms with Gasteiger partial charge in [-0.15, -0.1) is 0 Å². The van der Waals surface area contributed by atoms with Crippen LogP contribution in [0.15, 0.2) is 59.5 Å². The van der Waals surface area contributed by atoms with E-state index < -0.39 is 10.0 Å². The molecule has 7 nitrogen and oxygen atoms in total. The zero-order valence-corrected chi connectivity index (χ0v) is 16.5. The van der Waals surface area contributed by atoms with Gasteiger partial charge in [0.25, 0.3) is 0 Å². The van der Waals surface area contributed by atoms with Gasteiger partial charge in [0.05, 0.1) is 11.5 Å². The molecule has 150 valence electrons. The average molecular weight is 404 g/mol. The lowest BCUT2D eigenvalue weighted by atomic mass is 10.1. The van der Waals surface area contributed by atoms with E-state index in [0.29, 0.717) is 44.0 Å². The lowest BCUT2D eigenvalue weighted by Gasteiger charge is -2.31. The summed E-state index contributed by atoms with van der Waals surface area (Å²) in [6.07, 6.45) is 0.748. The first kappa shape index (κ1) is 20.2. The maximum absolute atomic E-state index is 12.6. The zero-order chi connectivity index (χ0) is 20.0. The molecule has 1 amide bonds. The predicted octanol–water partition coefficient (Wildman–Crippen LogP) is 3.38. The fourth-order valence-corrected chi connectivity index (χ4v) is 4.30. The van der Waals surface area contributed by atoms with Gasteiger partial charge in [-0.1, -0.05) is 18.2 Å². The van der Waals surface area contributed by atoms with E-state index in [0.717, 1.165) is 0 Å². The van der Waals surface area contributed by atoms with Gasteiger partial charge >= 0.3 is 6.09 Å². The van der Waals surface area contributed by atoms with Gasteiger partial charge in [-0.05, 0) is 56.2 Å². The van der Waals surface area contributed by atoms with Gasteiger partial charge in [0.15, 0.2) is 0 Å². The third-order valence-corrected chi connectivity index (χ3v) is 5.99. The molecular formula is C20H24N2O5S. The number of carbonyl (C=O) groups is 1. The molecule has 1 saturated heterocycles. The fraction of sp³-hybridized carbons (Fsp3) is 0.350. The molecule has 1 aliphatic rings. The number of rotatable bonds is 6. The number of benzene rings is 2. The van der Waals surface area contributed by atoms with Gasteiger partial charge < -0.3 is 14.4 Å². The Bertz CT molecular complexity index is 877. The van der Waals surface area contributed by atoms with Crippen LogP contribution in [0.3, 0.4) is 0 Å². The summed E-state index contributed by atoms with van der Waals surface area (Å²) in [4.78, 5) is 13.5. The number of piperidine rings is 1. The summed E-state index contributed by atoms with van der Waals surface area (Å²) >= 11 is 0. The molecule has 1 N–H and O–H groups in total.